The van der Waals surface area contributed by atoms with Crippen molar-refractivity contribution in [2.45, 2.75) is 147 Å². The molecule has 1 nitrogen and oxygen atoms in total. The molecule has 2 aliphatic carbocycles. The smallest absolute Gasteiger partial charge is 0.0958 e. The Hall–Kier alpha value is -3.46. The first-order valence-electron chi connectivity index (χ1n) is 20.9. The first-order valence-corrected chi connectivity index (χ1v) is 23.3. The van der Waals surface area contributed by atoms with Crippen LogP contribution in [0.15, 0.2) is 97.1 Å². The van der Waals surface area contributed by atoms with E-state index < -0.39 is 8.07 Å². The van der Waals surface area contributed by atoms with Gasteiger partial charge in [-0.15, -0.1) is 0 Å². The number of ether oxygens (including phenoxy) is 1. The summed E-state index contributed by atoms with van der Waals surface area (Å²) in [4.78, 5) is 0. The molecule has 4 aromatic carbocycles. The molecule has 0 aliphatic heterocycles. The lowest BCUT2D eigenvalue weighted by Gasteiger charge is -2.58. The summed E-state index contributed by atoms with van der Waals surface area (Å²) in [6.07, 6.45) is 15.1. The molecule has 0 saturated heterocycles. The second kappa shape index (κ2) is 14.9. The van der Waals surface area contributed by atoms with Crippen molar-refractivity contribution in [3.05, 3.63) is 153 Å². The number of hydrogen-bond donors (Lipinski definition) is 0. The lowest BCUT2D eigenvalue weighted by atomic mass is 9.81. The van der Waals surface area contributed by atoms with E-state index in [2.05, 4.69) is 192 Å². The maximum atomic E-state index is 6.17. The lowest BCUT2D eigenvalue weighted by Crippen LogP contribution is -2.67. The van der Waals surface area contributed by atoms with Gasteiger partial charge in [0.05, 0.1) is 13.7 Å². The van der Waals surface area contributed by atoms with Crippen LogP contribution in [0.25, 0.3) is 12.2 Å². The van der Waals surface area contributed by atoms with Crippen LogP contribution < -0.4 is 0 Å². The molecule has 4 aromatic rings. The van der Waals surface area contributed by atoms with Crippen molar-refractivity contribution in [2.75, 3.05) is 6.61 Å². The summed E-state index contributed by atoms with van der Waals surface area (Å²) in [6.45, 7) is 28.8. The van der Waals surface area contributed by atoms with Crippen molar-refractivity contribution in [1.82, 2.24) is 0 Å². The predicted molar refractivity (Wildman–Crippen MR) is 237 cm³/mol. The molecule has 0 aromatic heterocycles. The van der Waals surface area contributed by atoms with Crippen molar-refractivity contribution in [3.8, 4) is 0 Å². The molecule has 286 valence electrons. The molecule has 0 fully saturated rings. The molecule has 6 rings (SSSR count). The molecule has 0 bridgehead atoms. The van der Waals surface area contributed by atoms with Gasteiger partial charge in [0.15, 0.2) is 0 Å². The number of benzene rings is 4. The van der Waals surface area contributed by atoms with Crippen LogP contribution >= 0.6 is 0 Å². The van der Waals surface area contributed by atoms with E-state index in [0.29, 0.717) is 0 Å². The lowest BCUT2D eigenvalue weighted by molar-refractivity contribution is -0.00471. The Kier molecular flexibility index (Phi) is 11.1. The van der Waals surface area contributed by atoms with E-state index in [0.717, 1.165) is 19.1 Å². The van der Waals surface area contributed by atoms with Crippen molar-refractivity contribution >= 4 is 20.2 Å². The Morgan fingerprint density at radius 1 is 0.537 bits per heavy atom. The fourth-order valence-electron chi connectivity index (χ4n) is 10.3. The van der Waals surface area contributed by atoms with Crippen molar-refractivity contribution < 1.29 is 4.74 Å². The Morgan fingerprint density at radius 3 is 1.39 bits per heavy atom. The van der Waals surface area contributed by atoms with Crippen LogP contribution in [-0.4, -0.2) is 20.3 Å². The Labute approximate surface area is 330 Å². The van der Waals surface area contributed by atoms with Gasteiger partial charge in [0.1, 0.15) is 0 Å². The van der Waals surface area contributed by atoms with Gasteiger partial charge in [0.25, 0.3) is 0 Å². The number of allylic oxidation sites excluding steroid dienone is 2. The predicted octanol–water partition coefficient (Wildman–Crippen LogP) is 14.1. The van der Waals surface area contributed by atoms with Crippen LogP contribution in [0.4, 0.5) is 0 Å². The monoisotopic (exact) mass is 737 g/mol. The summed E-state index contributed by atoms with van der Waals surface area (Å²) in [5.74, 6) is 0. The third-order valence-corrected chi connectivity index (χ3v) is 19.8. The average molecular weight is 737 g/mol. The van der Waals surface area contributed by atoms with Crippen LogP contribution in [0.2, 0.25) is 12.1 Å². The second-order valence-electron chi connectivity index (χ2n) is 19.6. The van der Waals surface area contributed by atoms with Gasteiger partial charge < -0.3 is 4.74 Å². The van der Waals surface area contributed by atoms with Gasteiger partial charge in [-0.05, 0) is 108 Å². The zero-order valence-electron chi connectivity index (χ0n) is 35.8. The quantitative estimate of drug-likeness (QED) is 0.104. The van der Waals surface area contributed by atoms with E-state index in [1.165, 1.54) is 80.9 Å². The minimum atomic E-state index is -2.68. The van der Waals surface area contributed by atoms with Gasteiger partial charge in [0.2, 0.25) is 0 Å². The fourth-order valence-corrected chi connectivity index (χ4v) is 17.9. The van der Waals surface area contributed by atoms with Gasteiger partial charge in [-0.25, -0.2) is 0 Å². The fraction of sp³-hybridized carbons (Fsp3) is 0.462. The van der Waals surface area contributed by atoms with Gasteiger partial charge >= 0.3 is 0 Å². The number of rotatable bonds is 12. The minimum absolute atomic E-state index is 0.0795. The van der Waals surface area contributed by atoms with Crippen LogP contribution in [0.5, 0.6) is 0 Å². The summed E-state index contributed by atoms with van der Waals surface area (Å²) < 4.78 is 6.17. The molecule has 0 heterocycles. The van der Waals surface area contributed by atoms with E-state index >= 15 is 0 Å². The second-order valence-corrected chi connectivity index (χ2v) is 24.5. The third-order valence-electron chi connectivity index (χ3n) is 13.0. The van der Waals surface area contributed by atoms with Crippen molar-refractivity contribution in [2.24, 2.45) is 0 Å². The number of aryl methyl sites for hydroxylation is 2. The maximum Gasteiger partial charge on any atom is 0.0958 e. The third kappa shape index (κ3) is 6.96. The van der Waals surface area contributed by atoms with Gasteiger partial charge in [-0.2, -0.15) is 0 Å². The van der Waals surface area contributed by atoms with Crippen LogP contribution in [0.1, 0.15) is 151 Å². The molecule has 0 spiro atoms. The maximum absolute atomic E-state index is 6.17. The number of unbranched alkanes of at least 4 members (excludes halogenated alkanes) is 3. The summed E-state index contributed by atoms with van der Waals surface area (Å²) >= 11 is 0. The molecule has 2 atom stereocenters. The van der Waals surface area contributed by atoms with Crippen molar-refractivity contribution in [3.63, 3.8) is 0 Å². The zero-order chi connectivity index (χ0) is 39.2. The highest BCUT2D eigenvalue weighted by Crippen LogP contribution is 2.63. The highest BCUT2D eigenvalue weighted by atomic mass is 28.3. The Balaban J connectivity index is 1.66. The summed E-state index contributed by atoms with van der Waals surface area (Å²) in [5.41, 5.74) is 14.5. The molecule has 2 unspecified atom stereocenters. The molecule has 0 N–H and O–H groups in total. The van der Waals surface area contributed by atoms with Crippen molar-refractivity contribution in [1.29, 1.82) is 0 Å². The Morgan fingerprint density at radius 2 is 0.981 bits per heavy atom. The number of fused-ring (bicyclic) bond motifs is 2. The molecular weight excluding hydrogens is 669 g/mol. The van der Waals surface area contributed by atoms with E-state index in [4.69, 9.17) is 4.74 Å². The summed E-state index contributed by atoms with van der Waals surface area (Å²) in [5, 5.41) is -0.490. The van der Waals surface area contributed by atoms with Gasteiger partial charge in [0, 0.05) is 16.7 Å². The van der Waals surface area contributed by atoms with E-state index in [-0.39, 0.29) is 26.5 Å². The topological polar surface area (TPSA) is 9.23 Å². The van der Waals surface area contributed by atoms with E-state index in [1.807, 2.05) is 0 Å². The van der Waals surface area contributed by atoms with Crippen LogP contribution in [0, 0.1) is 13.8 Å². The number of hydrogen-bond acceptors (Lipinski definition) is 1. The first-order chi connectivity index (χ1) is 25.4. The first kappa shape index (κ1) is 40.2. The Bertz CT molecular complexity index is 1900. The van der Waals surface area contributed by atoms with E-state index in [9.17, 15) is 0 Å². The normalized spacial score (nSPS) is 20.6. The summed E-state index contributed by atoms with van der Waals surface area (Å²) in [6, 6.07) is 36.2. The molecular formula is C52H68OSi. The summed E-state index contributed by atoms with van der Waals surface area (Å²) in [7, 11) is -2.68. The van der Waals surface area contributed by atoms with Crippen LogP contribution in [-0.2, 0) is 25.6 Å². The standard InChI is InChI=1S/C52H68OSi/c1-13-54(35-21-15-14-20-34-53-50(10,11)12,51(32-30-40-22-16-18-24-46(40)51)44-28-26-42(36-38(44)2)48(4,5)6)52(33-31-41-23-17-19-25-47(41)52)45-29-27-43(37-39(45)3)49(7,8)9/h16-19,22-33,36-37H,13-15,20-21,34-35H2,1-12H3. The van der Waals surface area contributed by atoms with Gasteiger partial charge in [-0.3, -0.25) is 0 Å². The molecule has 2 aliphatic rings. The molecule has 0 amide bonds. The minimum Gasteiger partial charge on any atom is -0.376 e. The largest absolute Gasteiger partial charge is 0.376 e. The molecule has 0 radical (unpaired) electrons. The van der Waals surface area contributed by atoms with Crippen LogP contribution in [0.3, 0.4) is 0 Å². The average Bonchev–Trinajstić information content (AvgIpc) is 3.69. The zero-order valence-corrected chi connectivity index (χ0v) is 36.8. The molecule has 2 heteroatoms. The SMILES string of the molecule is CC[Si](CCCCCCOC(C)(C)C)(C1(c2ccc(C(C)(C)C)cc2C)C=Cc2ccccc21)C1(c2ccc(C(C)(C)C)cc2C)C=Cc2ccccc21. The highest BCUT2D eigenvalue weighted by Gasteiger charge is 2.66. The molecule has 54 heavy (non-hydrogen) atoms. The molecule has 0 saturated carbocycles. The highest BCUT2D eigenvalue weighted by molar-refractivity contribution is 6.88. The van der Waals surface area contributed by atoms with E-state index in [1.54, 1.807) is 0 Å². The van der Waals surface area contributed by atoms with Gasteiger partial charge in [-0.1, -0.05) is 189 Å².